The fourth-order valence-corrected chi connectivity index (χ4v) is 3.34. The van der Waals surface area contributed by atoms with Crippen LogP contribution in [0, 0.1) is 0 Å². The van der Waals surface area contributed by atoms with E-state index in [9.17, 15) is 13.2 Å². The highest BCUT2D eigenvalue weighted by Gasteiger charge is 2.38. The summed E-state index contributed by atoms with van der Waals surface area (Å²) in [5, 5.41) is 0.512. The highest BCUT2D eigenvalue weighted by Crippen LogP contribution is 2.37. The number of hydrogen-bond donors (Lipinski definition) is 0. The molecule has 0 aliphatic heterocycles. The Labute approximate surface area is 173 Å². The van der Waals surface area contributed by atoms with Gasteiger partial charge >= 0.3 is 12.3 Å². The molecule has 0 radical (unpaired) electrons. The SMILES string of the molecule is CC(F)(Oc1cccc([C@@](C)(Cc2ccccc2)c2ccc(Cl)cn2)c1)C(F)F. The van der Waals surface area contributed by atoms with Gasteiger partial charge in [-0.2, -0.15) is 4.39 Å². The minimum Gasteiger partial charge on any atom is -0.453 e. The van der Waals surface area contributed by atoms with Gasteiger partial charge in [0, 0.05) is 18.5 Å². The van der Waals surface area contributed by atoms with Crippen LogP contribution in [0.5, 0.6) is 5.75 Å². The fraction of sp³-hybridized carbons (Fsp3) is 0.261. The lowest BCUT2D eigenvalue weighted by atomic mass is 9.74. The van der Waals surface area contributed by atoms with Crippen molar-refractivity contribution in [1.29, 1.82) is 0 Å². The molecule has 3 aromatic rings. The van der Waals surface area contributed by atoms with Crippen LogP contribution in [0.4, 0.5) is 13.2 Å². The van der Waals surface area contributed by atoms with Crippen LogP contribution in [-0.4, -0.2) is 17.3 Å². The number of benzene rings is 2. The molecular formula is C23H21ClF3NO. The predicted octanol–water partition coefficient (Wildman–Crippen LogP) is 6.61. The van der Waals surface area contributed by atoms with Gasteiger partial charge < -0.3 is 4.74 Å². The zero-order chi connectivity index (χ0) is 21.1. The maximum absolute atomic E-state index is 14.0. The quantitative estimate of drug-likeness (QED) is 0.429. The topological polar surface area (TPSA) is 22.1 Å². The second-order valence-corrected chi connectivity index (χ2v) is 7.71. The van der Waals surface area contributed by atoms with Gasteiger partial charge in [0.2, 0.25) is 0 Å². The molecule has 0 saturated heterocycles. The first-order valence-electron chi connectivity index (χ1n) is 9.13. The van der Waals surface area contributed by atoms with Crippen LogP contribution in [0.3, 0.4) is 0 Å². The van der Waals surface area contributed by atoms with Crippen molar-refractivity contribution in [2.45, 2.75) is 38.0 Å². The van der Waals surface area contributed by atoms with Crippen LogP contribution in [0.2, 0.25) is 5.02 Å². The van der Waals surface area contributed by atoms with Crippen molar-refractivity contribution in [1.82, 2.24) is 4.98 Å². The first kappa shape index (κ1) is 21.2. The number of hydrogen-bond acceptors (Lipinski definition) is 2. The molecule has 0 aliphatic rings. The molecule has 0 amide bonds. The van der Waals surface area contributed by atoms with E-state index in [0.717, 1.165) is 16.8 Å². The van der Waals surface area contributed by atoms with Crippen molar-refractivity contribution in [3.63, 3.8) is 0 Å². The summed E-state index contributed by atoms with van der Waals surface area (Å²) in [7, 11) is 0. The molecule has 0 bridgehead atoms. The van der Waals surface area contributed by atoms with Crippen LogP contribution in [0.1, 0.15) is 30.7 Å². The summed E-state index contributed by atoms with van der Waals surface area (Å²) >= 11 is 6.00. The number of pyridine rings is 1. The summed E-state index contributed by atoms with van der Waals surface area (Å²) < 4.78 is 44.8. The Morgan fingerprint density at radius 2 is 1.72 bits per heavy atom. The number of rotatable bonds is 7. The van der Waals surface area contributed by atoms with Crippen molar-refractivity contribution in [2.75, 3.05) is 0 Å². The largest absolute Gasteiger partial charge is 0.453 e. The number of nitrogens with zero attached hydrogens (tertiary/aromatic N) is 1. The molecule has 6 heteroatoms. The maximum atomic E-state index is 14.0. The van der Waals surface area contributed by atoms with Crippen LogP contribution in [0.25, 0.3) is 0 Å². The van der Waals surface area contributed by atoms with E-state index in [1.165, 1.54) is 6.07 Å². The van der Waals surface area contributed by atoms with Gasteiger partial charge in [-0.25, -0.2) is 8.78 Å². The van der Waals surface area contributed by atoms with Gasteiger partial charge in [-0.15, -0.1) is 0 Å². The summed E-state index contributed by atoms with van der Waals surface area (Å²) in [6.07, 6.45) is -1.11. The summed E-state index contributed by atoms with van der Waals surface area (Å²) in [4.78, 5) is 4.49. The molecule has 152 valence electrons. The molecule has 1 unspecified atom stereocenters. The monoisotopic (exact) mass is 419 g/mol. The average Bonchev–Trinajstić information content (AvgIpc) is 2.69. The van der Waals surface area contributed by atoms with E-state index < -0.39 is 17.7 Å². The van der Waals surface area contributed by atoms with Gasteiger partial charge in [0.1, 0.15) is 5.75 Å². The minimum absolute atomic E-state index is 0.0288. The maximum Gasteiger partial charge on any atom is 0.306 e. The molecule has 1 aromatic heterocycles. The Balaban J connectivity index is 2.04. The Hall–Kier alpha value is -2.53. The third-order valence-electron chi connectivity index (χ3n) is 4.87. The number of aromatic nitrogens is 1. The lowest BCUT2D eigenvalue weighted by Gasteiger charge is -2.31. The molecule has 3 rings (SSSR count). The molecule has 0 aliphatic carbocycles. The smallest absolute Gasteiger partial charge is 0.306 e. The average molecular weight is 420 g/mol. The third kappa shape index (κ3) is 4.91. The second-order valence-electron chi connectivity index (χ2n) is 7.27. The predicted molar refractivity (Wildman–Crippen MR) is 108 cm³/mol. The van der Waals surface area contributed by atoms with E-state index in [0.29, 0.717) is 18.4 Å². The Bertz CT molecular complexity index is 948. The van der Waals surface area contributed by atoms with Crippen molar-refractivity contribution in [3.8, 4) is 5.75 Å². The van der Waals surface area contributed by atoms with Crippen molar-refractivity contribution in [2.24, 2.45) is 0 Å². The molecule has 1 heterocycles. The van der Waals surface area contributed by atoms with Gasteiger partial charge in [0.15, 0.2) is 0 Å². The van der Waals surface area contributed by atoms with Gasteiger partial charge in [0.05, 0.1) is 10.7 Å². The van der Waals surface area contributed by atoms with E-state index >= 15 is 0 Å². The highest BCUT2D eigenvalue weighted by atomic mass is 35.5. The van der Waals surface area contributed by atoms with Crippen molar-refractivity contribution < 1.29 is 17.9 Å². The van der Waals surface area contributed by atoms with Crippen LogP contribution in [0.15, 0.2) is 72.9 Å². The molecule has 29 heavy (non-hydrogen) atoms. The first-order valence-corrected chi connectivity index (χ1v) is 9.51. The highest BCUT2D eigenvalue weighted by molar-refractivity contribution is 6.30. The second kappa shape index (κ2) is 8.46. The van der Waals surface area contributed by atoms with E-state index in [4.69, 9.17) is 16.3 Å². The molecule has 0 spiro atoms. The molecule has 2 atom stereocenters. The number of halogens is 4. The molecule has 0 saturated carbocycles. The third-order valence-corrected chi connectivity index (χ3v) is 5.10. The van der Waals surface area contributed by atoms with Crippen LogP contribution >= 0.6 is 11.6 Å². The van der Waals surface area contributed by atoms with E-state index in [1.807, 2.05) is 49.4 Å². The van der Waals surface area contributed by atoms with E-state index in [2.05, 4.69) is 4.98 Å². The van der Waals surface area contributed by atoms with Gasteiger partial charge in [-0.1, -0.05) is 54.1 Å². The summed E-state index contributed by atoms with van der Waals surface area (Å²) in [6, 6.07) is 20.0. The van der Waals surface area contributed by atoms with Gasteiger partial charge in [0.25, 0.3) is 0 Å². The zero-order valence-corrected chi connectivity index (χ0v) is 16.8. The Kier molecular flexibility index (Phi) is 6.18. The lowest BCUT2D eigenvalue weighted by Crippen LogP contribution is -2.35. The van der Waals surface area contributed by atoms with Crippen molar-refractivity contribution in [3.05, 3.63) is 94.8 Å². The summed E-state index contributed by atoms with van der Waals surface area (Å²) in [5.41, 5.74) is 1.96. The lowest BCUT2D eigenvalue weighted by molar-refractivity contribution is -0.152. The summed E-state index contributed by atoms with van der Waals surface area (Å²) in [6.45, 7) is 2.71. The van der Waals surface area contributed by atoms with Gasteiger partial charge in [-0.05, 0) is 48.7 Å². The van der Waals surface area contributed by atoms with Crippen molar-refractivity contribution >= 4 is 11.6 Å². The first-order chi connectivity index (χ1) is 13.7. The van der Waals surface area contributed by atoms with Crippen LogP contribution < -0.4 is 4.74 Å². The number of alkyl halides is 3. The minimum atomic E-state index is -3.26. The standard InChI is InChI=1S/C23H21ClF3NO/c1-22(14-16-7-4-3-5-8-16,20-12-11-18(24)15-28-20)17-9-6-10-19(13-17)29-23(2,27)21(25)26/h3-13,15,21H,14H2,1-2H3/t22-,23?/m1/s1. The van der Waals surface area contributed by atoms with E-state index in [1.54, 1.807) is 24.4 Å². The Morgan fingerprint density at radius 3 is 2.34 bits per heavy atom. The molecule has 0 fully saturated rings. The summed E-state index contributed by atoms with van der Waals surface area (Å²) in [5.74, 6) is -3.05. The van der Waals surface area contributed by atoms with Crippen LogP contribution in [-0.2, 0) is 11.8 Å². The molecule has 2 nitrogen and oxygen atoms in total. The molecule has 0 N–H and O–H groups in total. The molecule has 2 aromatic carbocycles. The fourth-order valence-electron chi connectivity index (χ4n) is 3.22. The molecular weight excluding hydrogens is 399 g/mol. The normalized spacial score (nSPS) is 15.6. The van der Waals surface area contributed by atoms with E-state index in [-0.39, 0.29) is 5.75 Å². The zero-order valence-electron chi connectivity index (χ0n) is 16.1. The van der Waals surface area contributed by atoms with Gasteiger partial charge in [-0.3, -0.25) is 4.98 Å². The number of ether oxygens (including phenoxy) is 1. The Morgan fingerprint density at radius 1 is 1.00 bits per heavy atom.